The Morgan fingerprint density at radius 3 is 1.03 bits per heavy atom. The number of nitro groups is 1. The molecule has 0 aliphatic rings. The zero-order chi connectivity index (χ0) is 91.3. The molecule has 0 saturated carbocycles. The molecule has 0 aliphatic carbocycles. The van der Waals surface area contributed by atoms with Crippen LogP contribution in [0.5, 0.6) is 0 Å². The number of carbonyl (C=O) groups excluding carboxylic acids is 5. The number of anilines is 6. The van der Waals surface area contributed by atoms with Gasteiger partial charge in [-0.25, -0.2) is 0 Å². The maximum Gasteiger partial charge on any atom is 1.00 e. The number of para-hydroxylation sites is 2. The van der Waals surface area contributed by atoms with Gasteiger partial charge in [-0.3, -0.25) is 44.1 Å². The summed E-state index contributed by atoms with van der Waals surface area (Å²) in [6.07, 6.45) is 35.2. The van der Waals surface area contributed by atoms with E-state index in [4.69, 9.17) is 30.8 Å². The van der Waals surface area contributed by atoms with Crippen LogP contribution in [0.25, 0.3) is 21.8 Å². The number of hydrogen-bond donors (Lipinski definition) is 4. The Hall–Kier alpha value is -10.7. The van der Waals surface area contributed by atoms with Crippen molar-refractivity contribution in [2.75, 3.05) is 90.6 Å². The predicted molar refractivity (Wildman–Crippen MR) is 529 cm³/mol. The molecule has 128 heavy (non-hydrogen) atoms. The van der Waals surface area contributed by atoms with Crippen LogP contribution < -0.4 is 50.3 Å². The molecule has 2 heterocycles. The number of nitrogens with one attached hydrogen (secondary N) is 1. The summed E-state index contributed by atoms with van der Waals surface area (Å²) in [5, 5.41) is 24.2. The van der Waals surface area contributed by atoms with Crippen molar-refractivity contribution in [1.82, 2.24) is 9.97 Å². The Morgan fingerprint density at radius 2 is 0.719 bits per heavy atom. The largest absolute Gasteiger partial charge is 1.00 e. The topological polar surface area (TPSA) is 323 Å². The maximum absolute atomic E-state index is 12.4. The molecule has 7 aromatic carbocycles. The number of aryl methyl sites for hydroxylation is 5. The van der Waals surface area contributed by atoms with Gasteiger partial charge in [-0.1, -0.05) is 236 Å². The van der Waals surface area contributed by atoms with E-state index in [-0.39, 0.29) is 69.1 Å². The number of aldehydes is 1. The summed E-state index contributed by atoms with van der Waals surface area (Å²) in [6.45, 7) is 29.0. The number of benzene rings is 7. The predicted octanol–water partition coefficient (Wildman–Crippen LogP) is 22.0. The van der Waals surface area contributed by atoms with Gasteiger partial charge in [-0.15, -0.1) is 0 Å². The van der Waals surface area contributed by atoms with Crippen molar-refractivity contribution in [2.45, 2.75) is 276 Å². The minimum atomic E-state index is -0.732. The average molecular weight is 1760 g/mol. The molecule has 0 aliphatic heterocycles. The number of nitrogens with zero attached hydrogens (tertiary/aromatic N) is 6. The molecule has 0 unspecified atom stereocenters. The Morgan fingerprint density at radius 1 is 0.414 bits per heavy atom. The SMILES string of the molecule is C.CCCCC=O.CCCCCN(CCCCC)c1ccc(CCC(=O)Nc2cnc3ccccc3c2)cc1.CCCCCN(CCCCC)c1ccc(CCC(=O)O)cc1.CCCCCN(CCCCC)c1ccc(CCC(=O)OCC)cc1.CCOC(=O)CCc1ccc(N)cc1.CCOC(=O)CCc1ccc([N+](=O)[O-])cc1.Nc1cnc2ccccc2c1.[HH].[Li+].[OH-]. The van der Waals surface area contributed by atoms with Crippen LogP contribution in [-0.2, 0) is 75.1 Å². The first-order valence-corrected chi connectivity index (χ1v) is 46.2. The number of carboxylic acid groups (broad SMARTS) is 1. The average Bonchev–Trinajstić information content (AvgIpc) is 0.851. The zero-order valence-corrected chi connectivity index (χ0v) is 78.6. The number of aromatic nitrogens is 2. The zero-order valence-electron chi connectivity index (χ0n) is 78.6. The normalized spacial score (nSPS) is 10.1. The van der Waals surface area contributed by atoms with Crippen molar-refractivity contribution in [3.63, 3.8) is 0 Å². The number of ether oxygens (including phenoxy) is 3. The molecule has 9 aromatic rings. The van der Waals surface area contributed by atoms with Gasteiger partial charge in [0, 0.05) is 125 Å². The molecule has 0 spiro atoms. The van der Waals surface area contributed by atoms with Crippen molar-refractivity contribution in [2.24, 2.45) is 0 Å². The van der Waals surface area contributed by atoms with Crippen molar-refractivity contribution in [1.29, 1.82) is 0 Å². The number of esters is 3. The van der Waals surface area contributed by atoms with Crippen molar-refractivity contribution in [3.8, 4) is 0 Å². The van der Waals surface area contributed by atoms with Gasteiger partial charge in [0.05, 0.1) is 59.5 Å². The maximum atomic E-state index is 12.4. The van der Waals surface area contributed by atoms with Crippen molar-refractivity contribution >= 4 is 97.7 Å². The van der Waals surface area contributed by atoms with Gasteiger partial charge in [0.25, 0.3) is 5.69 Å². The van der Waals surface area contributed by atoms with E-state index >= 15 is 0 Å². The quantitative estimate of drug-likeness (QED) is 0.00402. The monoisotopic (exact) mass is 1760 g/mol. The number of carboxylic acids is 1. The Balaban J connectivity index is 0. The summed E-state index contributed by atoms with van der Waals surface area (Å²) in [4.78, 5) is 92.2. The van der Waals surface area contributed by atoms with Gasteiger partial charge >= 0.3 is 42.7 Å². The van der Waals surface area contributed by atoms with E-state index in [0.717, 1.165) is 128 Å². The number of nitrogen functional groups attached to an aromatic ring is 2. The minimum absolute atomic E-state index is 0. The number of rotatable bonds is 50. The van der Waals surface area contributed by atoms with Crippen molar-refractivity contribution in [3.05, 3.63) is 232 Å². The molecule has 0 bridgehead atoms. The Kier molecular flexibility index (Phi) is 69.1. The number of nitro benzene ring substituents is 1. The van der Waals surface area contributed by atoms with Crippen LogP contribution in [-0.4, -0.2) is 121 Å². The molecule has 2 aromatic heterocycles. The number of carbonyl (C=O) groups is 6. The van der Waals surface area contributed by atoms with Gasteiger partial charge in [-0.05, 0) is 198 Å². The second kappa shape index (κ2) is 75.3. The number of aliphatic carboxylic acids is 1. The number of pyridine rings is 2. The fraction of sp³-hybridized carbons (Fsp3) is 0.486. The number of non-ortho nitro benzene ring substituents is 1. The fourth-order valence-electron chi connectivity index (χ4n) is 13.2. The number of nitrogens with two attached hydrogens (primary N) is 2. The summed E-state index contributed by atoms with van der Waals surface area (Å²) < 4.78 is 14.6. The van der Waals surface area contributed by atoms with Gasteiger partial charge in [0.2, 0.25) is 5.91 Å². The first kappa shape index (κ1) is 117. The van der Waals surface area contributed by atoms with E-state index in [0.29, 0.717) is 70.5 Å². The molecule has 0 radical (unpaired) electrons. The summed E-state index contributed by atoms with van der Waals surface area (Å²) in [6, 6.07) is 59.4. The number of unbranched alkanes of at least 4 members (excludes halogenated alkanes) is 14. The first-order valence-electron chi connectivity index (χ1n) is 46.2. The second-order valence-corrected chi connectivity index (χ2v) is 30.9. The molecule has 9 rings (SSSR count). The second-order valence-electron chi connectivity index (χ2n) is 30.9. The van der Waals surface area contributed by atoms with Crippen LogP contribution in [0.1, 0.15) is 273 Å². The van der Waals surface area contributed by atoms with E-state index in [2.05, 4.69) is 151 Å². The standard InChI is InChI=1S/C28H37N3O.C21H35NO2.C19H31NO2.C11H13NO4.C11H15NO2.C9H8N2.C5H10O.CH4.Li.H2O.H2/c1-3-5-9-19-31(20-10-6-4-2)26-16-13-23(14-17-26)15-18-28(32)30-25-21-24-11-7-8-12-27(24)29-22-25;1-4-7-9-17-22(18-10-8-5-2)20-14-11-19(12-15-20)13-16-21(23)24-6-3;1-3-5-7-15-20(16-8-6-4-2)18-12-9-17(10-13-18)11-14-19(21)22;1-2-16-11(13)8-5-9-3-6-10(7-4-9)12(14)15;1-2-14-11(13)8-5-9-3-6-10(12)7-4-9;10-8-5-7-3-1-2-4-9(7)11-6-8;1-2-3-4-5-6;;;;/h7-8,11-14,16-17,21-22H,3-6,9-10,15,18-20H2,1-2H3,(H,30,32);11-12,14-15H,4-10,13,16-18H2,1-3H3;9-10,12-13H,3-8,11,14-16H2,1-2H3,(H,21,22);3-4,6-7H,2,5,8H2,1H3;3-4,6-7H,2,5,8,12H2,1H3;1-6H,10H2;5H,2-4H2,1H3;1H4;;1H2;1H/q;;;;;;;;+1;;/p-1. The van der Waals surface area contributed by atoms with E-state index in [9.17, 15) is 38.9 Å². The number of fused-ring (bicyclic) bond motifs is 2. The molecule has 0 saturated heterocycles. The van der Waals surface area contributed by atoms with E-state index < -0.39 is 10.9 Å². The minimum Gasteiger partial charge on any atom is -0.870 e. The third-order valence-corrected chi connectivity index (χ3v) is 20.4. The Bertz CT molecular complexity index is 4350. The number of amides is 1. The van der Waals surface area contributed by atoms with Crippen LogP contribution in [0.3, 0.4) is 0 Å². The summed E-state index contributed by atoms with van der Waals surface area (Å²) >= 11 is 0. The van der Waals surface area contributed by atoms with E-state index in [1.165, 1.54) is 156 Å². The molecular formula is C105H156LiN9O13. The Labute approximate surface area is 780 Å². The van der Waals surface area contributed by atoms with Gasteiger partial charge in [-0.2, -0.15) is 0 Å². The number of hydrogen-bond acceptors (Lipinski definition) is 19. The molecule has 23 heteroatoms. The molecule has 1 amide bonds. The van der Waals surface area contributed by atoms with Gasteiger partial charge in [0.1, 0.15) is 6.29 Å². The summed E-state index contributed by atoms with van der Waals surface area (Å²) in [5.41, 5.74) is 24.7. The molecule has 0 atom stereocenters. The molecule has 22 nitrogen and oxygen atoms in total. The van der Waals surface area contributed by atoms with E-state index in [1.54, 1.807) is 38.4 Å². The van der Waals surface area contributed by atoms with Crippen LogP contribution in [0, 0.1) is 10.1 Å². The van der Waals surface area contributed by atoms with E-state index in [1.807, 2.05) is 91.9 Å². The first-order chi connectivity index (χ1) is 60.7. The van der Waals surface area contributed by atoms with Crippen LogP contribution in [0.4, 0.5) is 39.8 Å². The van der Waals surface area contributed by atoms with Gasteiger partial charge < -0.3 is 61.1 Å². The molecule has 0 fully saturated rings. The smallest absolute Gasteiger partial charge is 0.870 e. The molecule has 700 valence electrons. The molecule has 7 N–H and O–H groups in total. The molecular weight excluding hydrogens is 1600 g/mol. The summed E-state index contributed by atoms with van der Waals surface area (Å²) in [7, 11) is 0. The van der Waals surface area contributed by atoms with Crippen LogP contribution in [0.15, 0.2) is 194 Å². The van der Waals surface area contributed by atoms with Crippen molar-refractivity contribution < 1.29 is 78.8 Å². The van der Waals surface area contributed by atoms with Crippen LogP contribution in [0.2, 0.25) is 0 Å². The van der Waals surface area contributed by atoms with Gasteiger partial charge in [0.15, 0.2) is 0 Å². The third-order valence-electron chi connectivity index (χ3n) is 20.4. The third kappa shape index (κ3) is 54.5. The van der Waals surface area contributed by atoms with Crippen LogP contribution >= 0.6 is 0 Å². The fourth-order valence-corrected chi connectivity index (χ4v) is 13.2. The summed E-state index contributed by atoms with van der Waals surface area (Å²) in [5.74, 6) is -1.22.